The summed E-state index contributed by atoms with van der Waals surface area (Å²) in [6, 6.07) is 4.17. The van der Waals surface area contributed by atoms with E-state index in [0.717, 1.165) is 0 Å². The summed E-state index contributed by atoms with van der Waals surface area (Å²) in [5, 5.41) is 11.9. The van der Waals surface area contributed by atoms with E-state index in [1.807, 2.05) is 0 Å². The minimum Gasteiger partial charge on any atom is -0.383 e. The third-order valence-electron chi connectivity index (χ3n) is 4.62. The Hall–Kier alpha value is -2.09. The van der Waals surface area contributed by atoms with Crippen LogP contribution in [0.5, 0.6) is 0 Å². The lowest BCUT2D eigenvalue weighted by Crippen LogP contribution is -2.60. The fourth-order valence-electron chi connectivity index (χ4n) is 2.87. The molecule has 0 aliphatic heterocycles. The van der Waals surface area contributed by atoms with E-state index in [-0.39, 0.29) is 25.8 Å². The Morgan fingerprint density at radius 1 is 1.46 bits per heavy atom. The van der Waals surface area contributed by atoms with Crippen LogP contribution >= 0.6 is 0 Å². The van der Waals surface area contributed by atoms with E-state index in [2.05, 4.69) is 10.3 Å². The number of nitrogens with one attached hydrogen (secondary N) is 1. The van der Waals surface area contributed by atoms with E-state index >= 15 is 0 Å². The summed E-state index contributed by atoms with van der Waals surface area (Å²) in [5.74, 6) is -5.13. The maximum absolute atomic E-state index is 13.9. The fraction of sp³-hybridized carbons (Fsp3) is 0.500. The maximum Gasteiger partial charge on any atom is 0.352 e. The molecule has 1 amide bonds. The number of aryl methyl sites for hydroxylation is 1. The molecule has 1 aliphatic rings. The number of aromatic nitrogens is 2. The first-order valence-corrected chi connectivity index (χ1v) is 7.74. The highest BCUT2D eigenvalue weighted by molar-refractivity contribution is 5.85. The van der Waals surface area contributed by atoms with Crippen LogP contribution in [0.4, 0.5) is 13.2 Å². The van der Waals surface area contributed by atoms with E-state index in [1.54, 1.807) is 11.6 Å². The lowest BCUT2D eigenvalue weighted by molar-refractivity contribution is -0.215. The van der Waals surface area contributed by atoms with Gasteiger partial charge in [0.1, 0.15) is 17.2 Å². The van der Waals surface area contributed by atoms with Gasteiger partial charge in [0.15, 0.2) is 0 Å². The van der Waals surface area contributed by atoms with Crippen molar-refractivity contribution in [1.82, 2.24) is 14.9 Å². The highest BCUT2D eigenvalue weighted by Gasteiger charge is 2.60. The molecule has 2 aromatic rings. The van der Waals surface area contributed by atoms with Gasteiger partial charge < -0.3 is 15.0 Å². The number of alkyl halides is 2. The van der Waals surface area contributed by atoms with E-state index in [1.165, 1.54) is 18.2 Å². The van der Waals surface area contributed by atoms with Gasteiger partial charge in [-0.15, -0.1) is 0 Å². The second-order valence-electron chi connectivity index (χ2n) is 6.19. The average molecular weight is 341 g/mol. The quantitative estimate of drug-likeness (QED) is 0.873. The third kappa shape index (κ3) is 2.64. The lowest BCUT2D eigenvalue weighted by atomic mass is 9.75. The van der Waals surface area contributed by atoms with Gasteiger partial charge in [0, 0.05) is 20.0 Å². The van der Waals surface area contributed by atoms with Gasteiger partial charge in [-0.05, 0) is 37.5 Å². The van der Waals surface area contributed by atoms with Gasteiger partial charge in [-0.1, -0.05) is 0 Å². The molecule has 1 heterocycles. The molecular weight excluding hydrogens is 323 g/mol. The number of carbonyl (C=O) groups excluding carboxylic acids is 1. The number of imidazole rings is 1. The molecule has 2 N–H and O–H groups in total. The van der Waals surface area contributed by atoms with Gasteiger partial charge in [0.05, 0.1) is 11.0 Å². The topological polar surface area (TPSA) is 67.2 Å². The Morgan fingerprint density at radius 2 is 2.17 bits per heavy atom. The molecule has 1 aromatic heterocycles. The first kappa shape index (κ1) is 16.8. The standard InChI is InChI=1S/C16H18F3N3O2/c1-22-12-9-10(17)3-4-11(12)21-13(22)5-8-20-14(23)16(18,19)15(24)6-2-7-15/h3-4,9,24H,2,5-8H2,1H3,(H,20,23). The van der Waals surface area contributed by atoms with Gasteiger partial charge >= 0.3 is 5.92 Å². The summed E-state index contributed by atoms with van der Waals surface area (Å²) in [4.78, 5) is 16.0. The summed E-state index contributed by atoms with van der Waals surface area (Å²) in [6.07, 6.45) is 0.538. The molecule has 0 bridgehead atoms. The fourth-order valence-corrected chi connectivity index (χ4v) is 2.87. The SMILES string of the molecule is Cn1c(CCNC(=O)C(F)(F)C2(O)CCC2)nc2ccc(F)cc21. The molecule has 3 rings (SSSR count). The van der Waals surface area contributed by atoms with Gasteiger partial charge in [-0.3, -0.25) is 4.79 Å². The molecule has 130 valence electrons. The average Bonchev–Trinajstić information content (AvgIpc) is 2.81. The van der Waals surface area contributed by atoms with E-state index in [0.29, 0.717) is 23.3 Å². The van der Waals surface area contributed by atoms with Crippen molar-refractivity contribution in [3.05, 3.63) is 29.8 Å². The largest absolute Gasteiger partial charge is 0.383 e. The number of benzene rings is 1. The number of aliphatic hydroxyl groups is 1. The molecule has 5 nitrogen and oxygen atoms in total. The van der Waals surface area contributed by atoms with Crippen molar-refractivity contribution < 1.29 is 23.1 Å². The zero-order valence-corrected chi connectivity index (χ0v) is 13.2. The molecule has 1 aliphatic carbocycles. The normalized spacial score (nSPS) is 16.9. The highest BCUT2D eigenvalue weighted by atomic mass is 19.3. The van der Waals surface area contributed by atoms with Crippen molar-refractivity contribution in [2.45, 2.75) is 37.2 Å². The summed E-state index contributed by atoms with van der Waals surface area (Å²) in [7, 11) is 1.69. The van der Waals surface area contributed by atoms with Gasteiger partial charge in [0.25, 0.3) is 5.91 Å². The number of fused-ring (bicyclic) bond motifs is 1. The number of hydrogen-bond acceptors (Lipinski definition) is 3. The van der Waals surface area contributed by atoms with Crippen molar-refractivity contribution in [1.29, 1.82) is 0 Å². The van der Waals surface area contributed by atoms with Gasteiger partial charge in [-0.2, -0.15) is 8.78 Å². The Balaban J connectivity index is 1.64. The van der Waals surface area contributed by atoms with Crippen LogP contribution in [-0.2, 0) is 18.3 Å². The Kier molecular flexibility index (Phi) is 4.03. The van der Waals surface area contributed by atoms with Crippen molar-refractivity contribution >= 4 is 16.9 Å². The van der Waals surface area contributed by atoms with E-state index in [4.69, 9.17) is 0 Å². The highest BCUT2D eigenvalue weighted by Crippen LogP contribution is 2.44. The summed E-state index contributed by atoms with van der Waals surface area (Å²) in [5.41, 5.74) is -1.05. The van der Waals surface area contributed by atoms with Crippen molar-refractivity contribution in [2.75, 3.05) is 6.54 Å². The monoisotopic (exact) mass is 341 g/mol. The predicted molar refractivity (Wildman–Crippen MR) is 81.1 cm³/mol. The molecule has 0 radical (unpaired) electrons. The van der Waals surface area contributed by atoms with Crippen LogP contribution in [0.2, 0.25) is 0 Å². The van der Waals surface area contributed by atoms with Crippen LogP contribution in [0, 0.1) is 5.82 Å². The number of halogens is 3. The van der Waals surface area contributed by atoms with Crippen molar-refractivity contribution in [2.24, 2.45) is 7.05 Å². The number of hydrogen-bond donors (Lipinski definition) is 2. The van der Waals surface area contributed by atoms with Crippen LogP contribution in [0.1, 0.15) is 25.1 Å². The maximum atomic E-state index is 13.9. The second kappa shape index (κ2) is 5.77. The molecule has 0 saturated heterocycles. The van der Waals surface area contributed by atoms with Crippen LogP contribution in [0.15, 0.2) is 18.2 Å². The first-order chi connectivity index (χ1) is 11.2. The lowest BCUT2D eigenvalue weighted by Gasteiger charge is -2.41. The zero-order chi connectivity index (χ0) is 17.5. The molecule has 1 fully saturated rings. The molecule has 0 spiro atoms. The first-order valence-electron chi connectivity index (χ1n) is 7.74. The summed E-state index contributed by atoms with van der Waals surface area (Å²) in [6.45, 7) is -0.0514. The van der Waals surface area contributed by atoms with Crippen LogP contribution in [-0.4, -0.2) is 38.6 Å². The molecule has 24 heavy (non-hydrogen) atoms. The molecule has 1 aromatic carbocycles. The molecule has 0 unspecified atom stereocenters. The van der Waals surface area contributed by atoms with Gasteiger partial charge in [-0.25, -0.2) is 9.37 Å². The molecule has 1 saturated carbocycles. The Bertz CT molecular complexity index is 784. The summed E-state index contributed by atoms with van der Waals surface area (Å²) < 4.78 is 42.8. The number of nitrogens with zero attached hydrogens (tertiary/aromatic N) is 2. The van der Waals surface area contributed by atoms with Gasteiger partial charge in [0.2, 0.25) is 0 Å². The second-order valence-corrected chi connectivity index (χ2v) is 6.19. The van der Waals surface area contributed by atoms with Crippen molar-refractivity contribution in [3.8, 4) is 0 Å². The van der Waals surface area contributed by atoms with E-state index in [9.17, 15) is 23.1 Å². The third-order valence-corrected chi connectivity index (χ3v) is 4.62. The minimum atomic E-state index is -3.80. The number of carbonyl (C=O) groups is 1. The minimum absolute atomic E-state index is 0.0514. The number of amides is 1. The van der Waals surface area contributed by atoms with Crippen LogP contribution in [0.3, 0.4) is 0 Å². The van der Waals surface area contributed by atoms with E-state index < -0.39 is 23.2 Å². The molecule has 8 heteroatoms. The molecular formula is C16H18F3N3O2. The molecule has 0 atom stereocenters. The van der Waals surface area contributed by atoms with Crippen LogP contribution in [0.25, 0.3) is 11.0 Å². The zero-order valence-electron chi connectivity index (χ0n) is 13.2. The van der Waals surface area contributed by atoms with Crippen LogP contribution < -0.4 is 5.32 Å². The smallest absolute Gasteiger partial charge is 0.352 e. The Morgan fingerprint density at radius 3 is 2.79 bits per heavy atom. The summed E-state index contributed by atoms with van der Waals surface area (Å²) >= 11 is 0. The van der Waals surface area contributed by atoms with Crippen molar-refractivity contribution in [3.63, 3.8) is 0 Å². The predicted octanol–water partition coefficient (Wildman–Crippen LogP) is 1.92. The Labute approximate surface area is 136 Å². The number of rotatable bonds is 5.